The smallest absolute Gasteiger partial charge is 0.338 e. The fraction of sp³-hybridized carbons (Fsp3) is 0.474. The number of methoxy groups -OCH3 is 2. The molecule has 2 N–H and O–H groups in total. The zero-order valence-corrected chi connectivity index (χ0v) is 16.0. The van der Waals surface area contributed by atoms with Crippen molar-refractivity contribution < 1.29 is 23.8 Å². The minimum absolute atomic E-state index is 0.0742. The maximum absolute atomic E-state index is 12.8. The minimum Gasteiger partial charge on any atom is -0.493 e. The topological polar surface area (TPSA) is 85.9 Å². The summed E-state index contributed by atoms with van der Waals surface area (Å²) in [6, 6.07) is 4.23. The van der Waals surface area contributed by atoms with Gasteiger partial charge in [-0.05, 0) is 25.8 Å². The zero-order chi connectivity index (χ0) is 19.4. The molecule has 142 valence electrons. The van der Waals surface area contributed by atoms with Crippen molar-refractivity contribution in [3.05, 3.63) is 35.0 Å². The average molecular weight is 362 g/mol. The maximum Gasteiger partial charge on any atom is 0.338 e. The molecule has 7 heteroatoms. The van der Waals surface area contributed by atoms with Crippen molar-refractivity contribution in [3.63, 3.8) is 0 Å². The number of benzene rings is 1. The highest BCUT2D eigenvalue weighted by molar-refractivity contribution is 5.95. The summed E-state index contributed by atoms with van der Waals surface area (Å²) in [4.78, 5) is 25.0. The predicted molar refractivity (Wildman–Crippen MR) is 97.0 cm³/mol. The van der Waals surface area contributed by atoms with Gasteiger partial charge in [0.25, 0.3) is 0 Å². The number of hydrogen-bond acceptors (Lipinski definition) is 5. The molecule has 0 aliphatic carbocycles. The first-order chi connectivity index (χ1) is 12.3. The van der Waals surface area contributed by atoms with Gasteiger partial charge in [-0.3, -0.25) is 0 Å². The van der Waals surface area contributed by atoms with Crippen molar-refractivity contribution in [2.75, 3.05) is 14.2 Å². The third-order valence-electron chi connectivity index (χ3n) is 3.99. The van der Waals surface area contributed by atoms with Gasteiger partial charge in [0.05, 0.1) is 31.9 Å². The summed E-state index contributed by atoms with van der Waals surface area (Å²) in [5, 5.41) is 5.55. The average Bonchev–Trinajstić information content (AvgIpc) is 2.59. The molecule has 1 aromatic rings. The van der Waals surface area contributed by atoms with Crippen LogP contribution in [0.3, 0.4) is 0 Å². The van der Waals surface area contributed by atoms with E-state index in [1.165, 1.54) is 14.2 Å². The molecule has 0 saturated heterocycles. The first-order valence-corrected chi connectivity index (χ1v) is 8.53. The molecule has 0 fully saturated rings. The van der Waals surface area contributed by atoms with Gasteiger partial charge >= 0.3 is 12.0 Å². The summed E-state index contributed by atoms with van der Waals surface area (Å²) in [5.74, 6) is 0.418. The van der Waals surface area contributed by atoms with Gasteiger partial charge < -0.3 is 24.8 Å². The molecule has 26 heavy (non-hydrogen) atoms. The van der Waals surface area contributed by atoms with E-state index in [0.29, 0.717) is 28.3 Å². The second kappa shape index (κ2) is 8.12. The Morgan fingerprint density at radius 1 is 1.12 bits per heavy atom. The summed E-state index contributed by atoms with van der Waals surface area (Å²) >= 11 is 0. The van der Waals surface area contributed by atoms with E-state index in [0.717, 1.165) is 0 Å². The third kappa shape index (κ3) is 3.92. The largest absolute Gasteiger partial charge is 0.493 e. The number of allylic oxidation sites excluding steroid dienone is 1. The minimum atomic E-state index is -0.711. The number of urea groups is 1. The van der Waals surface area contributed by atoms with Crippen molar-refractivity contribution in [1.82, 2.24) is 10.6 Å². The van der Waals surface area contributed by atoms with Gasteiger partial charge in [0.15, 0.2) is 11.5 Å². The molecule has 1 unspecified atom stereocenters. The number of rotatable bonds is 6. The quantitative estimate of drug-likeness (QED) is 0.760. The van der Waals surface area contributed by atoms with Gasteiger partial charge in [0, 0.05) is 11.3 Å². The molecule has 1 atom stereocenters. The molecule has 0 bridgehead atoms. The Labute approximate surface area is 153 Å². The van der Waals surface area contributed by atoms with Gasteiger partial charge in [-0.15, -0.1) is 0 Å². The van der Waals surface area contributed by atoms with Gasteiger partial charge in [-0.2, -0.15) is 0 Å². The molecular weight excluding hydrogens is 336 g/mol. The van der Waals surface area contributed by atoms with E-state index >= 15 is 0 Å². The Hall–Kier alpha value is -2.70. The molecule has 7 nitrogen and oxygen atoms in total. The van der Waals surface area contributed by atoms with E-state index < -0.39 is 12.0 Å². The van der Waals surface area contributed by atoms with Crippen LogP contribution in [0.25, 0.3) is 0 Å². The molecule has 1 aliphatic rings. The fourth-order valence-corrected chi connectivity index (χ4v) is 2.92. The summed E-state index contributed by atoms with van der Waals surface area (Å²) < 4.78 is 16.3. The standard InChI is InChI=1S/C19H26N2O5/c1-10(2)15-14(18(22)26-11(3)4)16(21-19(23)20-15)12-8-7-9-13(24-5)17(12)25-6/h7-11,16H,1-6H3,(H2,20,21,23). The number of para-hydroxylation sites is 1. The van der Waals surface area contributed by atoms with Crippen molar-refractivity contribution in [1.29, 1.82) is 0 Å². The maximum atomic E-state index is 12.8. The molecule has 2 rings (SSSR count). The lowest BCUT2D eigenvalue weighted by atomic mass is 9.90. The van der Waals surface area contributed by atoms with Crippen LogP contribution in [-0.2, 0) is 9.53 Å². The Kier molecular flexibility index (Phi) is 6.13. The Morgan fingerprint density at radius 2 is 1.81 bits per heavy atom. The van der Waals surface area contributed by atoms with Gasteiger partial charge in [0.1, 0.15) is 0 Å². The molecule has 0 spiro atoms. The van der Waals surface area contributed by atoms with Gasteiger partial charge in [-0.1, -0.05) is 26.0 Å². The number of nitrogens with one attached hydrogen (secondary N) is 2. The van der Waals surface area contributed by atoms with E-state index in [-0.39, 0.29) is 18.1 Å². The van der Waals surface area contributed by atoms with Crippen LogP contribution in [0.15, 0.2) is 29.5 Å². The summed E-state index contributed by atoms with van der Waals surface area (Å²) in [7, 11) is 3.05. The predicted octanol–water partition coefficient (Wildman–Crippen LogP) is 2.92. The van der Waals surface area contributed by atoms with Crippen molar-refractivity contribution in [3.8, 4) is 11.5 Å². The van der Waals surface area contributed by atoms with Crippen LogP contribution in [0.2, 0.25) is 0 Å². The molecular formula is C19H26N2O5. The monoisotopic (exact) mass is 362 g/mol. The van der Waals surface area contributed by atoms with Crippen LogP contribution in [0.5, 0.6) is 11.5 Å². The fourth-order valence-electron chi connectivity index (χ4n) is 2.92. The van der Waals surface area contributed by atoms with Crippen LogP contribution in [0, 0.1) is 5.92 Å². The lowest BCUT2D eigenvalue weighted by molar-refractivity contribution is -0.143. The van der Waals surface area contributed by atoms with E-state index in [1.54, 1.807) is 32.0 Å². The second-order valence-electron chi connectivity index (χ2n) is 6.55. The van der Waals surface area contributed by atoms with E-state index in [4.69, 9.17) is 14.2 Å². The van der Waals surface area contributed by atoms with Crippen LogP contribution in [0.1, 0.15) is 39.3 Å². The highest BCUT2D eigenvalue weighted by atomic mass is 16.5. The molecule has 1 aliphatic heterocycles. The number of carbonyl (C=O) groups is 2. The number of ether oxygens (including phenoxy) is 3. The molecule has 2 amide bonds. The summed E-state index contributed by atoms with van der Waals surface area (Å²) in [6.07, 6.45) is -0.283. The molecule has 0 radical (unpaired) electrons. The first-order valence-electron chi connectivity index (χ1n) is 8.53. The molecule has 0 aromatic heterocycles. The Morgan fingerprint density at radius 3 is 2.35 bits per heavy atom. The second-order valence-corrected chi connectivity index (χ2v) is 6.55. The summed E-state index contributed by atoms with van der Waals surface area (Å²) in [5.41, 5.74) is 1.52. The van der Waals surface area contributed by atoms with E-state index in [2.05, 4.69) is 10.6 Å². The number of carbonyl (C=O) groups excluding carboxylic acids is 2. The molecule has 1 aromatic carbocycles. The number of esters is 1. The van der Waals surface area contributed by atoms with E-state index in [9.17, 15) is 9.59 Å². The molecule has 0 saturated carbocycles. The van der Waals surface area contributed by atoms with E-state index in [1.807, 2.05) is 13.8 Å². The SMILES string of the molecule is COc1cccc(C2NC(=O)NC(C(C)C)=C2C(=O)OC(C)C)c1OC. The van der Waals surface area contributed by atoms with Gasteiger partial charge in [-0.25, -0.2) is 9.59 Å². The summed E-state index contributed by atoms with van der Waals surface area (Å²) in [6.45, 7) is 7.37. The molecule has 1 heterocycles. The van der Waals surface area contributed by atoms with Gasteiger partial charge in [0.2, 0.25) is 0 Å². The lowest BCUT2D eigenvalue weighted by Crippen LogP contribution is -2.47. The lowest BCUT2D eigenvalue weighted by Gasteiger charge is -2.32. The third-order valence-corrected chi connectivity index (χ3v) is 3.99. The highest BCUT2D eigenvalue weighted by Crippen LogP contribution is 2.39. The number of hydrogen-bond donors (Lipinski definition) is 2. The van der Waals surface area contributed by atoms with Crippen LogP contribution >= 0.6 is 0 Å². The Bertz CT molecular complexity index is 725. The zero-order valence-electron chi connectivity index (χ0n) is 16.0. The first kappa shape index (κ1) is 19.6. The highest BCUT2D eigenvalue weighted by Gasteiger charge is 2.37. The van der Waals surface area contributed by atoms with Crippen molar-refractivity contribution in [2.24, 2.45) is 5.92 Å². The van der Waals surface area contributed by atoms with Crippen molar-refractivity contribution >= 4 is 12.0 Å². The van der Waals surface area contributed by atoms with Crippen LogP contribution in [0.4, 0.5) is 4.79 Å². The van der Waals surface area contributed by atoms with Crippen molar-refractivity contribution in [2.45, 2.75) is 39.8 Å². The van der Waals surface area contributed by atoms with Crippen LogP contribution in [-0.4, -0.2) is 32.3 Å². The Balaban J connectivity index is 2.66. The van der Waals surface area contributed by atoms with Crippen LogP contribution < -0.4 is 20.1 Å². The normalized spacial score (nSPS) is 17.1. The number of amides is 2.